The van der Waals surface area contributed by atoms with Gasteiger partial charge in [-0.3, -0.25) is 4.79 Å². The molecule has 0 heterocycles. The number of carbonyl (C=O) groups excluding carboxylic acids is 1. The highest BCUT2D eigenvalue weighted by Crippen LogP contribution is 2.23. The Morgan fingerprint density at radius 3 is 2.65 bits per heavy atom. The molecule has 17 heavy (non-hydrogen) atoms. The Morgan fingerprint density at radius 2 is 2.00 bits per heavy atom. The third-order valence-electron chi connectivity index (χ3n) is 2.37. The van der Waals surface area contributed by atoms with Crippen LogP contribution in [0.4, 0.5) is 0 Å². The second-order valence-electron chi connectivity index (χ2n) is 3.81. The van der Waals surface area contributed by atoms with Crippen molar-refractivity contribution in [3.05, 3.63) is 33.8 Å². The Kier molecular flexibility index (Phi) is 7.02. The van der Waals surface area contributed by atoms with Gasteiger partial charge in [0, 0.05) is 5.56 Å². The molecule has 0 aliphatic rings. The largest absolute Gasteiger partial charge is 0.293 e. The van der Waals surface area contributed by atoms with Gasteiger partial charge in [-0.15, -0.1) is 0 Å². The van der Waals surface area contributed by atoms with Crippen LogP contribution in [-0.4, -0.2) is 17.3 Å². The predicted octanol–water partition coefficient (Wildman–Crippen LogP) is 5.10. The van der Waals surface area contributed by atoms with Crippen molar-refractivity contribution in [2.75, 3.05) is 11.5 Å². The van der Waals surface area contributed by atoms with E-state index in [1.807, 2.05) is 0 Å². The van der Waals surface area contributed by atoms with Gasteiger partial charge < -0.3 is 0 Å². The molecule has 0 aliphatic carbocycles. The minimum Gasteiger partial charge on any atom is -0.293 e. The Balaban J connectivity index is 2.39. The maximum Gasteiger partial charge on any atom is 0.172 e. The van der Waals surface area contributed by atoms with Crippen molar-refractivity contribution >= 4 is 40.7 Å². The van der Waals surface area contributed by atoms with E-state index >= 15 is 0 Å². The highest BCUT2D eigenvalue weighted by atomic mass is 35.5. The molecular formula is C13H16Cl2OS. The van der Waals surface area contributed by atoms with Gasteiger partial charge in [-0.1, -0.05) is 43.0 Å². The number of unbranched alkanes of at least 4 members (excludes halogenated alkanes) is 2. The molecule has 0 N–H and O–H groups in total. The van der Waals surface area contributed by atoms with Crippen molar-refractivity contribution < 1.29 is 4.79 Å². The van der Waals surface area contributed by atoms with Gasteiger partial charge in [0.05, 0.1) is 15.8 Å². The molecule has 0 bridgehead atoms. The lowest BCUT2D eigenvalue weighted by molar-refractivity contribution is 0.102. The van der Waals surface area contributed by atoms with Gasteiger partial charge in [-0.2, -0.15) is 11.8 Å². The second kappa shape index (κ2) is 8.02. The molecule has 0 saturated carbocycles. The summed E-state index contributed by atoms with van der Waals surface area (Å²) < 4.78 is 0. The average molecular weight is 291 g/mol. The molecule has 0 atom stereocenters. The standard InChI is InChI=1S/C13H16Cl2OS/c1-2-3-4-7-17-9-13(16)10-5-6-11(14)12(15)8-10/h5-6,8H,2-4,7,9H2,1H3. The van der Waals surface area contributed by atoms with Crippen LogP contribution >= 0.6 is 35.0 Å². The molecule has 4 heteroatoms. The number of halogens is 2. The number of hydrogen-bond donors (Lipinski definition) is 0. The summed E-state index contributed by atoms with van der Waals surface area (Å²) in [7, 11) is 0. The number of rotatable bonds is 7. The van der Waals surface area contributed by atoms with E-state index in [0.29, 0.717) is 21.4 Å². The van der Waals surface area contributed by atoms with Gasteiger partial charge in [0.15, 0.2) is 5.78 Å². The highest BCUT2D eigenvalue weighted by Gasteiger charge is 2.07. The molecule has 0 unspecified atom stereocenters. The molecule has 1 aromatic rings. The zero-order chi connectivity index (χ0) is 12.7. The summed E-state index contributed by atoms with van der Waals surface area (Å²) in [4.78, 5) is 11.8. The third-order valence-corrected chi connectivity index (χ3v) is 4.15. The van der Waals surface area contributed by atoms with Gasteiger partial charge in [-0.05, 0) is 30.4 Å². The van der Waals surface area contributed by atoms with Crippen molar-refractivity contribution in [3.8, 4) is 0 Å². The maximum absolute atomic E-state index is 11.8. The van der Waals surface area contributed by atoms with E-state index in [9.17, 15) is 4.79 Å². The molecule has 0 fully saturated rings. The summed E-state index contributed by atoms with van der Waals surface area (Å²) in [5.41, 5.74) is 0.641. The van der Waals surface area contributed by atoms with E-state index in [2.05, 4.69) is 6.92 Å². The minimum atomic E-state index is 0.116. The fraction of sp³-hybridized carbons (Fsp3) is 0.462. The normalized spacial score (nSPS) is 10.5. The average Bonchev–Trinajstić information content (AvgIpc) is 2.32. The number of carbonyl (C=O) groups is 1. The molecule has 0 aliphatic heterocycles. The molecule has 0 aromatic heterocycles. The summed E-state index contributed by atoms with van der Waals surface area (Å²) in [5.74, 6) is 1.67. The number of Topliss-reactive ketones (excluding diaryl/α,β-unsaturated/α-hetero) is 1. The summed E-state index contributed by atoms with van der Waals surface area (Å²) >= 11 is 13.3. The fourth-order valence-corrected chi connectivity index (χ4v) is 2.57. The first-order valence-corrected chi connectivity index (χ1v) is 7.62. The van der Waals surface area contributed by atoms with Crippen LogP contribution in [0.15, 0.2) is 18.2 Å². The van der Waals surface area contributed by atoms with Crippen LogP contribution in [0.1, 0.15) is 36.5 Å². The van der Waals surface area contributed by atoms with Gasteiger partial charge in [0.2, 0.25) is 0 Å². The number of benzene rings is 1. The first-order chi connectivity index (χ1) is 8.15. The molecule has 0 spiro atoms. The number of thioether (sulfide) groups is 1. The number of ketones is 1. The third kappa shape index (κ3) is 5.33. The molecule has 0 amide bonds. The van der Waals surface area contributed by atoms with Crippen molar-refractivity contribution in [2.45, 2.75) is 26.2 Å². The number of hydrogen-bond acceptors (Lipinski definition) is 2. The highest BCUT2D eigenvalue weighted by molar-refractivity contribution is 7.99. The first-order valence-electron chi connectivity index (χ1n) is 5.71. The van der Waals surface area contributed by atoms with Crippen LogP contribution in [-0.2, 0) is 0 Å². The summed E-state index contributed by atoms with van der Waals surface area (Å²) in [5, 5.41) is 0.923. The Labute approximate surface area is 117 Å². The predicted molar refractivity (Wildman–Crippen MR) is 77.6 cm³/mol. The summed E-state index contributed by atoms with van der Waals surface area (Å²) in [6, 6.07) is 5.03. The molecule has 1 rings (SSSR count). The second-order valence-corrected chi connectivity index (χ2v) is 5.73. The van der Waals surface area contributed by atoms with Gasteiger partial charge in [0.1, 0.15) is 0 Å². The molecular weight excluding hydrogens is 275 g/mol. The van der Waals surface area contributed by atoms with Gasteiger partial charge in [0.25, 0.3) is 0 Å². The van der Waals surface area contributed by atoms with E-state index in [4.69, 9.17) is 23.2 Å². The monoisotopic (exact) mass is 290 g/mol. The van der Waals surface area contributed by atoms with Gasteiger partial charge >= 0.3 is 0 Å². The van der Waals surface area contributed by atoms with Crippen molar-refractivity contribution in [3.63, 3.8) is 0 Å². The van der Waals surface area contributed by atoms with Crippen molar-refractivity contribution in [1.82, 2.24) is 0 Å². The lowest BCUT2D eigenvalue weighted by atomic mass is 10.1. The Hall–Kier alpha value is -0.180. The first kappa shape index (κ1) is 14.9. The van der Waals surface area contributed by atoms with E-state index in [1.54, 1.807) is 30.0 Å². The molecule has 94 valence electrons. The molecule has 1 nitrogen and oxygen atoms in total. The van der Waals surface area contributed by atoms with Crippen LogP contribution in [0, 0.1) is 0 Å². The topological polar surface area (TPSA) is 17.1 Å². The van der Waals surface area contributed by atoms with Crippen LogP contribution in [0.3, 0.4) is 0 Å². The quantitative estimate of drug-likeness (QED) is 0.513. The lowest BCUT2D eigenvalue weighted by Gasteiger charge is -2.03. The Morgan fingerprint density at radius 1 is 1.24 bits per heavy atom. The molecule has 1 aromatic carbocycles. The SMILES string of the molecule is CCCCCSCC(=O)c1ccc(Cl)c(Cl)c1. The van der Waals surface area contributed by atoms with Crippen LogP contribution in [0.2, 0.25) is 10.0 Å². The van der Waals surface area contributed by atoms with Crippen LogP contribution in [0.5, 0.6) is 0 Å². The van der Waals surface area contributed by atoms with E-state index < -0.39 is 0 Å². The zero-order valence-electron chi connectivity index (χ0n) is 9.84. The van der Waals surface area contributed by atoms with Crippen molar-refractivity contribution in [1.29, 1.82) is 0 Å². The van der Waals surface area contributed by atoms with E-state index in [-0.39, 0.29) is 5.78 Å². The van der Waals surface area contributed by atoms with E-state index in [0.717, 1.165) is 5.75 Å². The van der Waals surface area contributed by atoms with E-state index in [1.165, 1.54) is 19.3 Å². The molecule has 0 radical (unpaired) electrons. The van der Waals surface area contributed by atoms with Crippen molar-refractivity contribution in [2.24, 2.45) is 0 Å². The van der Waals surface area contributed by atoms with Crippen LogP contribution in [0.25, 0.3) is 0 Å². The Bertz CT molecular complexity index is 380. The van der Waals surface area contributed by atoms with Crippen LogP contribution < -0.4 is 0 Å². The summed E-state index contributed by atoms with van der Waals surface area (Å²) in [6.07, 6.45) is 3.62. The minimum absolute atomic E-state index is 0.116. The summed E-state index contributed by atoms with van der Waals surface area (Å²) in [6.45, 7) is 2.17. The maximum atomic E-state index is 11.8. The zero-order valence-corrected chi connectivity index (χ0v) is 12.2. The lowest BCUT2D eigenvalue weighted by Crippen LogP contribution is -2.03. The smallest absolute Gasteiger partial charge is 0.172 e. The fourth-order valence-electron chi connectivity index (χ4n) is 1.37. The van der Waals surface area contributed by atoms with Gasteiger partial charge in [-0.25, -0.2) is 0 Å². The molecule has 0 saturated heterocycles.